The van der Waals surface area contributed by atoms with Crippen LogP contribution in [0, 0.1) is 5.41 Å². The zero-order valence-electron chi connectivity index (χ0n) is 15.9. The Labute approximate surface area is 163 Å². The van der Waals surface area contributed by atoms with Gasteiger partial charge in [-0.25, -0.2) is 9.50 Å². The summed E-state index contributed by atoms with van der Waals surface area (Å²) in [5, 5.41) is 12.9. The molecule has 1 saturated carbocycles. The lowest BCUT2D eigenvalue weighted by Gasteiger charge is -2.50. The number of hydrogen-bond acceptors (Lipinski definition) is 6. The van der Waals surface area contributed by atoms with Crippen LogP contribution in [0.4, 0.5) is 10.8 Å². The summed E-state index contributed by atoms with van der Waals surface area (Å²) in [6, 6.07) is 9.06. The second-order valence-corrected chi connectivity index (χ2v) is 9.15. The molecule has 1 saturated heterocycles. The highest BCUT2D eigenvalue weighted by Gasteiger charge is 2.44. The Hall–Kier alpha value is -2.12. The lowest BCUT2D eigenvalue weighted by molar-refractivity contribution is 0.0718. The van der Waals surface area contributed by atoms with Crippen molar-refractivity contribution in [2.75, 3.05) is 37.4 Å². The van der Waals surface area contributed by atoms with Gasteiger partial charge in [-0.05, 0) is 56.3 Å². The molecule has 1 aliphatic carbocycles. The van der Waals surface area contributed by atoms with Crippen molar-refractivity contribution in [1.82, 2.24) is 19.9 Å². The van der Waals surface area contributed by atoms with Gasteiger partial charge >= 0.3 is 0 Å². The van der Waals surface area contributed by atoms with Crippen LogP contribution in [-0.4, -0.2) is 47.8 Å². The van der Waals surface area contributed by atoms with Crippen molar-refractivity contribution in [3.8, 4) is 11.3 Å². The zero-order valence-corrected chi connectivity index (χ0v) is 16.7. The largest absolute Gasteiger partial charge is 0.378 e. The molecule has 0 bridgehead atoms. The molecule has 2 aromatic heterocycles. The molecule has 27 heavy (non-hydrogen) atoms. The molecular weight excluding hydrogens is 356 g/mol. The van der Waals surface area contributed by atoms with E-state index in [1.807, 2.05) is 10.7 Å². The summed E-state index contributed by atoms with van der Waals surface area (Å²) in [5.41, 5.74) is 3.94. The van der Waals surface area contributed by atoms with Crippen LogP contribution in [0.2, 0.25) is 0 Å². The highest BCUT2D eigenvalue weighted by Crippen LogP contribution is 2.49. The first-order valence-electron chi connectivity index (χ1n) is 9.72. The van der Waals surface area contributed by atoms with Gasteiger partial charge in [0.2, 0.25) is 10.1 Å². The fraction of sp³-hybridized carbons (Fsp3) is 0.500. The summed E-state index contributed by atoms with van der Waals surface area (Å²) < 4.78 is 1.97. The summed E-state index contributed by atoms with van der Waals surface area (Å²) in [7, 11) is 4.12. The maximum absolute atomic E-state index is 4.81. The molecule has 0 radical (unpaired) electrons. The molecule has 5 rings (SSSR count). The molecule has 3 heterocycles. The van der Waals surface area contributed by atoms with Crippen molar-refractivity contribution in [2.45, 2.75) is 31.7 Å². The van der Waals surface area contributed by atoms with E-state index in [1.54, 1.807) is 11.3 Å². The zero-order chi connectivity index (χ0) is 18.4. The summed E-state index contributed by atoms with van der Waals surface area (Å²) in [6.07, 6.45) is 7.10. The Kier molecular flexibility index (Phi) is 4.09. The summed E-state index contributed by atoms with van der Waals surface area (Å²) in [6.45, 7) is 2.35. The molecule has 7 heteroatoms. The van der Waals surface area contributed by atoms with Crippen LogP contribution in [0.3, 0.4) is 0 Å². The third kappa shape index (κ3) is 3.08. The van der Waals surface area contributed by atoms with Crippen LogP contribution in [0.25, 0.3) is 16.2 Å². The van der Waals surface area contributed by atoms with Gasteiger partial charge in [0.05, 0.1) is 11.9 Å². The van der Waals surface area contributed by atoms with Gasteiger partial charge in [0.1, 0.15) is 0 Å². The third-order valence-electron chi connectivity index (χ3n) is 6.09. The SMILES string of the molecule is CN(C)c1cccc(-c2cnc3sc(NC4CC5(CCNCC5)C4)nn23)c1. The van der Waals surface area contributed by atoms with Crippen molar-refractivity contribution in [2.24, 2.45) is 5.41 Å². The number of rotatable bonds is 4. The standard InChI is InChI=1S/C20H26N6S/c1-25(2)16-5-3-4-14(10-16)17-13-22-19-26(17)24-18(27-19)23-15-11-20(12-15)6-8-21-9-7-20/h3-5,10,13,15,21H,6-9,11-12H2,1-2H3,(H,23,24). The molecule has 142 valence electrons. The van der Waals surface area contributed by atoms with E-state index < -0.39 is 0 Å². The fourth-order valence-corrected chi connectivity index (χ4v) is 5.37. The van der Waals surface area contributed by atoms with E-state index in [0.29, 0.717) is 11.5 Å². The third-order valence-corrected chi connectivity index (χ3v) is 6.95. The molecule has 1 aromatic carbocycles. The van der Waals surface area contributed by atoms with E-state index in [1.165, 1.54) is 44.5 Å². The number of anilines is 2. The van der Waals surface area contributed by atoms with Gasteiger partial charge in [-0.1, -0.05) is 23.5 Å². The van der Waals surface area contributed by atoms with E-state index in [0.717, 1.165) is 21.3 Å². The van der Waals surface area contributed by atoms with E-state index >= 15 is 0 Å². The fourth-order valence-electron chi connectivity index (χ4n) is 4.52. The minimum absolute atomic E-state index is 0.555. The van der Waals surface area contributed by atoms with Crippen molar-refractivity contribution < 1.29 is 0 Å². The molecule has 2 N–H and O–H groups in total. The Morgan fingerprint density at radius 1 is 1.26 bits per heavy atom. The molecule has 2 aliphatic rings. The number of piperidine rings is 1. The molecule has 3 aromatic rings. The molecule has 0 amide bonds. The highest BCUT2D eigenvalue weighted by molar-refractivity contribution is 7.20. The minimum Gasteiger partial charge on any atom is -0.378 e. The topological polar surface area (TPSA) is 57.5 Å². The normalized spacial score (nSPS) is 19.3. The minimum atomic E-state index is 0.555. The van der Waals surface area contributed by atoms with Crippen LogP contribution in [0.5, 0.6) is 0 Å². The predicted octanol–water partition coefficient (Wildman–Crippen LogP) is 3.47. The Morgan fingerprint density at radius 3 is 2.85 bits per heavy atom. The number of imidazole rings is 1. The van der Waals surface area contributed by atoms with Crippen LogP contribution >= 0.6 is 11.3 Å². The second-order valence-electron chi connectivity index (χ2n) is 8.19. The van der Waals surface area contributed by atoms with Crippen LogP contribution in [0.15, 0.2) is 30.5 Å². The molecule has 2 fully saturated rings. The van der Waals surface area contributed by atoms with Crippen molar-refractivity contribution in [3.05, 3.63) is 30.5 Å². The number of nitrogens with zero attached hydrogens (tertiary/aromatic N) is 4. The van der Waals surface area contributed by atoms with Gasteiger partial charge in [0.25, 0.3) is 0 Å². The molecule has 6 nitrogen and oxygen atoms in total. The van der Waals surface area contributed by atoms with E-state index in [-0.39, 0.29) is 0 Å². The van der Waals surface area contributed by atoms with Crippen molar-refractivity contribution in [1.29, 1.82) is 0 Å². The lowest BCUT2D eigenvalue weighted by Crippen LogP contribution is -2.50. The summed E-state index contributed by atoms with van der Waals surface area (Å²) in [5.74, 6) is 0. The first-order valence-corrected chi connectivity index (χ1v) is 10.5. The van der Waals surface area contributed by atoms with E-state index in [4.69, 9.17) is 5.10 Å². The van der Waals surface area contributed by atoms with Gasteiger partial charge in [-0.3, -0.25) is 0 Å². The quantitative estimate of drug-likeness (QED) is 0.724. The van der Waals surface area contributed by atoms with Gasteiger partial charge in [0.15, 0.2) is 0 Å². The number of aromatic nitrogens is 3. The number of benzene rings is 1. The van der Waals surface area contributed by atoms with E-state index in [2.05, 4.69) is 58.9 Å². The van der Waals surface area contributed by atoms with Crippen molar-refractivity contribution in [3.63, 3.8) is 0 Å². The highest BCUT2D eigenvalue weighted by atomic mass is 32.1. The van der Waals surface area contributed by atoms with Crippen molar-refractivity contribution >= 4 is 27.1 Å². The Morgan fingerprint density at radius 2 is 2.07 bits per heavy atom. The lowest BCUT2D eigenvalue weighted by atomic mass is 9.61. The molecular formula is C20H26N6S. The van der Waals surface area contributed by atoms with Crippen LogP contribution in [-0.2, 0) is 0 Å². The maximum Gasteiger partial charge on any atom is 0.214 e. The second kappa shape index (κ2) is 6.49. The molecule has 1 aliphatic heterocycles. The number of nitrogens with one attached hydrogen (secondary N) is 2. The smallest absolute Gasteiger partial charge is 0.214 e. The average Bonchev–Trinajstić information content (AvgIpc) is 3.21. The van der Waals surface area contributed by atoms with E-state index in [9.17, 15) is 0 Å². The van der Waals surface area contributed by atoms with Crippen LogP contribution in [0.1, 0.15) is 25.7 Å². The average molecular weight is 383 g/mol. The first kappa shape index (κ1) is 17.0. The van der Waals surface area contributed by atoms with Gasteiger partial charge in [-0.2, -0.15) is 0 Å². The molecule has 1 spiro atoms. The summed E-state index contributed by atoms with van der Waals surface area (Å²) >= 11 is 1.64. The summed E-state index contributed by atoms with van der Waals surface area (Å²) in [4.78, 5) is 7.64. The molecule has 0 unspecified atom stereocenters. The Balaban J connectivity index is 1.34. The predicted molar refractivity (Wildman–Crippen MR) is 112 cm³/mol. The Bertz CT molecular complexity index is 944. The first-order chi connectivity index (χ1) is 13.1. The number of hydrogen-bond donors (Lipinski definition) is 2. The molecule has 0 atom stereocenters. The van der Waals surface area contributed by atoms with Gasteiger partial charge < -0.3 is 15.5 Å². The van der Waals surface area contributed by atoms with Crippen LogP contribution < -0.4 is 15.5 Å². The number of fused-ring (bicyclic) bond motifs is 1. The maximum atomic E-state index is 4.81. The van der Waals surface area contributed by atoms with Gasteiger partial charge in [-0.15, -0.1) is 5.10 Å². The monoisotopic (exact) mass is 382 g/mol. The van der Waals surface area contributed by atoms with Gasteiger partial charge in [0, 0.05) is 31.4 Å².